The lowest BCUT2D eigenvalue weighted by atomic mass is 10.5. The quantitative estimate of drug-likeness (QED) is 0.470. The Morgan fingerprint density at radius 2 is 1.28 bits per heavy atom. The second-order valence-electron chi connectivity index (χ2n) is 5.26. The van der Waals surface area contributed by atoms with E-state index in [2.05, 4.69) is 24.6 Å². The van der Waals surface area contributed by atoms with Crippen LogP contribution in [-0.2, 0) is 13.3 Å². The highest BCUT2D eigenvalue weighted by Crippen LogP contribution is 2.17. The smallest absolute Gasteiger partial charge is 0.374 e. The SMILES string of the molecule is CCO[Si](CCCN[Si](C)(C)C)(OCC)OCC. The molecule has 4 nitrogen and oxygen atoms in total. The lowest BCUT2D eigenvalue weighted by Crippen LogP contribution is -2.47. The number of hydrogen-bond acceptors (Lipinski definition) is 4. The lowest BCUT2D eigenvalue weighted by molar-refractivity contribution is 0.0709. The maximum atomic E-state index is 5.82. The molecule has 0 aliphatic heterocycles. The van der Waals surface area contributed by atoms with Gasteiger partial charge in [-0.2, -0.15) is 0 Å². The van der Waals surface area contributed by atoms with Crippen LogP contribution in [0, 0.1) is 0 Å². The first-order valence-corrected chi connectivity index (χ1v) is 12.5. The summed E-state index contributed by atoms with van der Waals surface area (Å²) in [6, 6.07) is 0.903. The Morgan fingerprint density at radius 3 is 1.61 bits per heavy atom. The van der Waals surface area contributed by atoms with Gasteiger partial charge in [-0.1, -0.05) is 19.6 Å². The Kier molecular flexibility index (Phi) is 9.36. The van der Waals surface area contributed by atoms with Crippen LogP contribution >= 0.6 is 0 Å². The van der Waals surface area contributed by atoms with Crippen molar-refractivity contribution >= 4 is 17.0 Å². The molecule has 6 heteroatoms. The minimum Gasteiger partial charge on any atom is -0.374 e. The van der Waals surface area contributed by atoms with Gasteiger partial charge in [-0.25, -0.2) is 0 Å². The van der Waals surface area contributed by atoms with Crippen LogP contribution in [0.3, 0.4) is 0 Å². The van der Waals surface area contributed by atoms with Crippen molar-refractivity contribution in [1.29, 1.82) is 0 Å². The molecule has 0 aromatic carbocycles. The van der Waals surface area contributed by atoms with Crippen molar-refractivity contribution in [3.05, 3.63) is 0 Å². The molecule has 0 aromatic heterocycles. The highest BCUT2D eigenvalue weighted by molar-refractivity contribution is 6.73. The Hall–Kier alpha value is 0.274. The molecule has 0 spiro atoms. The predicted octanol–water partition coefficient (Wildman–Crippen LogP) is 2.85. The Balaban J connectivity index is 4.21. The monoisotopic (exact) mass is 293 g/mol. The van der Waals surface area contributed by atoms with Crippen molar-refractivity contribution in [3.8, 4) is 0 Å². The first-order valence-electron chi connectivity index (χ1n) is 7.06. The van der Waals surface area contributed by atoms with Gasteiger partial charge in [-0.3, -0.25) is 0 Å². The van der Waals surface area contributed by atoms with Gasteiger partial charge in [-0.15, -0.1) is 0 Å². The van der Waals surface area contributed by atoms with Gasteiger partial charge in [0, 0.05) is 25.9 Å². The molecule has 0 rings (SSSR count). The summed E-state index contributed by atoms with van der Waals surface area (Å²) >= 11 is 0. The Morgan fingerprint density at radius 1 is 0.833 bits per heavy atom. The van der Waals surface area contributed by atoms with E-state index < -0.39 is 17.0 Å². The van der Waals surface area contributed by atoms with Gasteiger partial charge in [-0.05, 0) is 33.7 Å². The van der Waals surface area contributed by atoms with Gasteiger partial charge in [0.15, 0.2) is 0 Å². The van der Waals surface area contributed by atoms with Crippen LogP contribution in [0.4, 0.5) is 0 Å². The normalized spacial score (nSPS) is 13.0. The zero-order valence-corrected chi connectivity index (χ0v) is 15.0. The molecule has 0 heterocycles. The van der Waals surface area contributed by atoms with E-state index in [-0.39, 0.29) is 0 Å². The highest BCUT2D eigenvalue weighted by atomic mass is 28.4. The number of nitrogens with one attached hydrogen (secondary N) is 1. The lowest BCUT2D eigenvalue weighted by Gasteiger charge is -2.29. The largest absolute Gasteiger partial charge is 0.500 e. The Bertz CT molecular complexity index is 193. The average Bonchev–Trinajstić information content (AvgIpc) is 2.24. The molecule has 0 bridgehead atoms. The van der Waals surface area contributed by atoms with Crippen molar-refractivity contribution in [2.75, 3.05) is 26.4 Å². The fourth-order valence-corrected chi connectivity index (χ4v) is 5.31. The van der Waals surface area contributed by atoms with E-state index in [0.29, 0.717) is 19.8 Å². The molecule has 0 saturated heterocycles. The molecule has 1 N–H and O–H groups in total. The van der Waals surface area contributed by atoms with Crippen molar-refractivity contribution in [2.45, 2.75) is 52.9 Å². The van der Waals surface area contributed by atoms with Crippen LogP contribution in [0.15, 0.2) is 0 Å². The molecule has 0 radical (unpaired) electrons. The van der Waals surface area contributed by atoms with E-state index in [0.717, 1.165) is 19.0 Å². The van der Waals surface area contributed by atoms with Gasteiger partial charge >= 0.3 is 8.80 Å². The van der Waals surface area contributed by atoms with Crippen LogP contribution < -0.4 is 4.98 Å². The van der Waals surface area contributed by atoms with Crippen molar-refractivity contribution in [3.63, 3.8) is 0 Å². The predicted molar refractivity (Wildman–Crippen MR) is 81.4 cm³/mol. The second kappa shape index (κ2) is 9.22. The first-order chi connectivity index (χ1) is 8.39. The zero-order chi connectivity index (χ0) is 14.1. The maximum Gasteiger partial charge on any atom is 0.500 e. The minimum absolute atomic E-state index is 0.660. The van der Waals surface area contributed by atoms with Gasteiger partial charge in [0.2, 0.25) is 0 Å². The summed E-state index contributed by atoms with van der Waals surface area (Å²) < 4.78 is 17.5. The highest BCUT2D eigenvalue weighted by Gasteiger charge is 2.39. The van der Waals surface area contributed by atoms with E-state index in [1.807, 2.05) is 20.8 Å². The Labute approximate surface area is 115 Å². The topological polar surface area (TPSA) is 39.7 Å². The summed E-state index contributed by atoms with van der Waals surface area (Å²) in [5.74, 6) is 0. The fraction of sp³-hybridized carbons (Fsp3) is 1.00. The third-order valence-electron chi connectivity index (χ3n) is 2.41. The third-order valence-corrected chi connectivity index (χ3v) is 6.87. The fourth-order valence-electron chi connectivity index (χ4n) is 1.77. The molecular weight excluding hydrogens is 262 g/mol. The van der Waals surface area contributed by atoms with Crippen LogP contribution in [0.25, 0.3) is 0 Å². The molecule has 0 unspecified atom stereocenters. The summed E-state index contributed by atoms with van der Waals surface area (Å²) in [6.45, 7) is 15.9. The number of hydrogen-bond donors (Lipinski definition) is 1. The van der Waals surface area contributed by atoms with E-state index in [9.17, 15) is 0 Å². The standard InChI is InChI=1S/C12H31NO3Si2/c1-7-14-18(15-8-2,16-9-3)12-10-11-13-17(4,5)6/h13H,7-12H2,1-6H3. The van der Waals surface area contributed by atoms with E-state index >= 15 is 0 Å². The summed E-state index contributed by atoms with van der Waals surface area (Å²) in [6.07, 6.45) is 1.05. The zero-order valence-electron chi connectivity index (χ0n) is 13.0. The summed E-state index contributed by atoms with van der Waals surface area (Å²) in [4.78, 5) is 3.62. The molecule has 0 fully saturated rings. The summed E-state index contributed by atoms with van der Waals surface area (Å²) in [5, 5.41) is 0. The minimum atomic E-state index is -2.42. The maximum absolute atomic E-state index is 5.82. The molecule has 18 heavy (non-hydrogen) atoms. The summed E-state index contributed by atoms with van der Waals surface area (Å²) in [5.41, 5.74) is 0. The van der Waals surface area contributed by atoms with Crippen LogP contribution in [0.2, 0.25) is 25.7 Å². The van der Waals surface area contributed by atoms with E-state index in [4.69, 9.17) is 13.3 Å². The van der Waals surface area contributed by atoms with Gasteiger partial charge < -0.3 is 18.3 Å². The molecule has 0 aliphatic rings. The first kappa shape index (κ1) is 18.3. The van der Waals surface area contributed by atoms with Crippen LogP contribution in [0.5, 0.6) is 0 Å². The molecular formula is C12H31NO3Si2. The number of rotatable bonds is 11. The average molecular weight is 294 g/mol. The van der Waals surface area contributed by atoms with Crippen LogP contribution in [-0.4, -0.2) is 43.4 Å². The molecule has 0 atom stereocenters. The third kappa shape index (κ3) is 8.39. The summed E-state index contributed by atoms with van der Waals surface area (Å²) in [7, 11) is -3.58. The van der Waals surface area contributed by atoms with Crippen molar-refractivity contribution in [2.24, 2.45) is 0 Å². The van der Waals surface area contributed by atoms with Gasteiger partial charge in [0.25, 0.3) is 0 Å². The molecule has 0 amide bonds. The molecule has 0 saturated carbocycles. The molecule has 0 aliphatic carbocycles. The van der Waals surface area contributed by atoms with Crippen molar-refractivity contribution in [1.82, 2.24) is 4.98 Å². The second-order valence-corrected chi connectivity index (χ2v) is 12.8. The molecule has 0 aromatic rings. The van der Waals surface area contributed by atoms with Crippen LogP contribution in [0.1, 0.15) is 27.2 Å². The van der Waals surface area contributed by atoms with E-state index in [1.54, 1.807) is 0 Å². The van der Waals surface area contributed by atoms with E-state index in [1.165, 1.54) is 0 Å². The molecule has 110 valence electrons. The van der Waals surface area contributed by atoms with Gasteiger partial charge in [0.05, 0.1) is 0 Å². The van der Waals surface area contributed by atoms with Gasteiger partial charge in [0.1, 0.15) is 8.24 Å². The van der Waals surface area contributed by atoms with Crippen molar-refractivity contribution < 1.29 is 13.3 Å².